The van der Waals surface area contributed by atoms with E-state index in [9.17, 15) is 18.3 Å². The molecule has 0 radical (unpaired) electrons. The number of benzene rings is 2. The summed E-state index contributed by atoms with van der Waals surface area (Å²) in [6, 6.07) is 7.61. The van der Waals surface area contributed by atoms with Gasteiger partial charge in [-0.25, -0.2) is 13.2 Å². The summed E-state index contributed by atoms with van der Waals surface area (Å²) >= 11 is 12.1. The molecule has 1 aliphatic heterocycles. The summed E-state index contributed by atoms with van der Waals surface area (Å²) < 4.78 is 32.4. The van der Waals surface area contributed by atoms with Crippen molar-refractivity contribution >= 4 is 50.6 Å². The number of carboxylic acid groups (broad SMARTS) is 1. The zero-order chi connectivity index (χ0) is 20.6. The van der Waals surface area contributed by atoms with Gasteiger partial charge in [-0.2, -0.15) is 0 Å². The number of halogens is 2. The van der Waals surface area contributed by atoms with Crippen molar-refractivity contribution in [3.63, 3.8) is 0 Å². The van der Waals surface area contributed by atoms with Crippen molar-refractivity contribution in [1.29, 1.82) is 0 Å². The molecule has 1 atom stereocenters. The molecule has 1 aliphatic rings. The number of aliphatic carboxylic acids is 1. The van der Waals surface area contributed by atoms with Gasteiger partial charge in [0, 0.05) is 5.56 Å². The molecule has 7 nitrogen and oxygen atoms in total. The minimum atomic E-state index is -4.14. The molecular weight excluding hydrogens is 427 g/mol. The second kappa shape index (κ2) is 7.54. The maximum atomic E-state index is 13.1. The maximum Gasteiger partial charge on any atom is 0.331 e. The van der Waals surface area contributed by atoms with Crippen LogP contribution in [-0.4, -0.2) is 36.4 Å². The number of ether oxygens (including phenoxy) is 1. The number of nitrogens with zero attached hydrogens (tertiary/aromatic N) is 1. The van der Waals surface area contributed by atoms with Crippen LogP contribution in [0.15, 0.2) is 47.5 Å². The van der Waals surface area contributed by atoms with Crippen molar-refractivity contribution < 1.29 is 23.1 Å². The Morgan fingerprint density at radius 1 is 1.21 bits per heavy atom. The van der Waals surface area contributed by atoms with E-state index in [1.54, 1.807) is 12.1 Å². The quantitative estimate of drug-likeness (QED) is 0.702. The van der Waals surface area contributed by atoms with Crippen molar-refractivity contribution in [3.8, 4) is 0 Å². The molecule has 3 N–H and O–H groups in total. The average molecular weight is 443 g/mol. The Balaban J connectivity index is 2.11. The average Bonchev–Trinajstić information content (AvgIpc) is 2.65. The Labute approximate surface area is 172 Å². The van der Waals surface area contributed by atoms with E-state index in [0.29, 0.717) is 5.56 Å². The molecule has 0 aromatic heterocycles. The van der Waals surface area contributed by atoms with Gasteiger partial charge in [-0.1, -0.05) is 40.9 Å². The molecule has 2 aromatic carbocycles. The van der Waals surface area contributed by atoms with E-state index >= 15 is 0 Å². The van der Waals surface area contributed by atoms with E-state index in [2.05, 4.69) is 0 Å². The number of anilines is 1. The summed E-state index contributed by atoms with van der Waals surface area (Å²) in [7, 11) is -4.14. The number of carbonyl (C=O) groups is 1. The zero-order valence-electron chi connectivity index (χ0n) is 14.6. The van der Waals surface area contributed by atoms with Crippen LogP contribution in [0.2, 0.25) is 10.0 Å². The Bertz CT molecular complexity index is 1040. The summed E-state index contributed by atoms with van der Waals surface area (Å²) in [5.74, 6) is -1.23. The van der Waals surface area contributed by atoms with Crippen molar-refractivity contribution in [1.82, 2.24) is 4.31 Å². The third kappa shape index (κ3) is 3.76. The minimum Gasteiger partial charge on any atom is -0.489 e. The standard InChI is InChI=1S/C18H16Cl2N2O5S/c1-10-2-4-12(5-3-10)28(25,26)22-8-16(27-9-15(22)18(23)24)11-6-13(19)17(21)14(20)7-11/h2-8,15H,9,21H2,1H3,(H,23,24)/t15-/m0/s1. The first-order chi connectivity index (χ1) is 13.1. The molecule has 0 spiro atoms. The van der Waals surface area contributed by atoms with E-state index in [-0.39, 0.29) is 33.0 Å². The van der Waals surface area contributed by atoms with Crippen LogP contribution in [0, 0.1) is 6.92 Å². The smallest absolute Gasteiger partial charge is 0.331 e. The summed E-state index contributed by atoms with van der Waals surface area (Å²) in [5.41, 5.74) is 7.14. The molecule has 0 saturated heterocycles. The van der Waals surface area contributed by atoms with E-state index < -0.39 is 22.0 Å². The predicted molar refractivity (Wildman–Crippen MR) is 106 cm³/mol. The molecule has 0 aliphatic carbocycles. The highest BCUT2D eigenvalue weighted by atomic mass is 35.5. The number of sulfonamides is 1. The van der Waals surface area contributed by atoms with Crippen LogP contribution in [-0.2, 0) is 19.6 Å². The number of nitrogen functional groups attached to an aromatic ring is 1. The third-order valence-electron chi connectivity index (χ3n) is 4.19. The lowest BCUT2D eigenvalue weighted by Gasteiger charge is -2.32. The monoisotopic (exact) mass is 442 g/mol. The first-order valence-corrected chi connectivity index (χ1v) is 10.2. The Morgan fingerprint density at radius 3 is 2.32 bits per heavy atom. The van der Waals surface area contributed by atoms with Crippen LogP contribution < -0.4 is 5.73 Å². The van der Waals surface area contributed by atoms with Gasteiger partial charge in [-0.15, -0.1) is 0 Å². The van der Waals surface area contributed by atoms with Crippen LogP contribution in [0.3, 0.4) is 0 Å². The highest BCUT2D eigenvalue weighted by molar-refractivity contribution is 7.89. The molecule has 0 saturated carbocycles. The Morgan fingerprint density at radius 2 is 1.79 bits per heavy atom. The normalized spacial score (nSPS) is 17.0. The summed E-state index contributed by atoms with van der Waals surface area (Å²) in [5, 5.41) is 9.80. The van der Waals surface area contributed by atoms with Crippen molar-refractivity contribution in [2.75, 3.05) is 12.3 Å². The fraction of sp³-hybridized carbons (Fsp3) is 0.167. The molecule has 2 aromatic rings. The second-order valence-corrected chi connectivity index (χ2v) is 8.82. The largest absolute Gasteiger partial charge is 0.489 e. The Kier molecular flexibility index (Phi) is 5.47. The SMILES string of the molecule is Cc1ccc(S(=O)(=O)N2C=C(c3cc(Cl)c(N)c(Cl)c3)OC[C@H]2C(=O)O)cc1. The lowest BCUT2D eigenvalue weighted by molar-refractivity contribution is -0.142. The summed E-state index contributed by atoms with van der Waals surface area (Å²) in [4.78, 5) is 11.6. The van der Waals surface area contributed by atoms with Crippen LogP contribution in [0.4, 0.5) is 5.69 Å². The van der Waals surface area contributed by atoms with E-state index in [1.807, 2.05) is 6.92 Å². The molecule has 10 heteroatoms. The zero-order valence-corrected chi connectivity index (χ0v) is 16.9. The number of rotatable bonds is 4. The van der Waals surface area contributed by atoms with Gasteiger partial charge in [0.1, 0.15) is 12.4 Å². The fourth-order valence-electron chi connectivity index (χ4n) is 2.62. The minimum absolute atomic E-state index is 0.0322. The molecular formula is C18H16Cl2N2O5S. The van der Waals surface area contributed by atoms with Crippen molar-refractivity contribution in [3.05, 3.63) is 63.8 Å². The second-order valence-electron chi connectivity index (χ2n) is 6.16. The maximum absolute atomic E-state index is 13.1. The van der Waals surface area contributed by atoms with Crippen molar-refractivity contribution in [2.24, 2.45) is 0 Å². The summed E-state index contributed by atoms with van der Waals surface area (Å²) in [6.07, 6.45) is 1.12. The molecule has 0 unspecified atom stereocenters. The number of nitrogens with two attached hydrogens (primary N) is 1. The van der Waals surface area contributed by atoms with E-state index in [1.165, 1.54) is 24.3 Å². The van der Waals surface area contributed by atoms with Crippen LogP contribution in [0.1, 0.15) is 11.1 Å². The van der Waals surface area contributed by atoms with Crippen LogP contribution in [0.5, 0.6) is 0 Å². The molecule has 1 heterocycles. The predicted octanol–water partition coefficient (Wildman–Crippen LogP) is 3.36. The third-order valence-corrected chi connectivity index (χ3v) is 6.60. The fourth-order valence-corrected chi connectivity index (χ4v) is 4.55. The highest BCUT2D eigenvalue weighted by Crippen LogP contribution is 2.34. The lowest BCUT2D eigenvalue weighted by atomic mass is 10.1. The molecule has 0 bridgehead atoms. The lowest BCUT2D eigenvalue weighted by Crippen LogP contribution is -2.46. The highest BCUT2D eigenvalue weighted by Gasteiger charge is 2.38. The number of aryl methyl sites for hydroxylation is 1. The topological polar surface area (TPSA) is 110 Å². The number of hydrogen-bond donors (Lipinski definition) is 2. The van der Waals surface area contributed by atoms with Gasteiger partial charge in [0.25, 0.3) is 10.0 Å². The van der Waals surface area contributed by atoms with E-state index in [0.717, 1.165) is 16.1 Å². The van der Waals surface area contributed by atoms with Crippen molar-refractivity contribution in [2.45, 2.75) is 17.9 Å². The van der Waals surface area contributed by atoms with Gasteiger partial charge in [0.15, 0.2) is 6.04 Å². The van der Waals surface area contributed by atoms with Crippen LogP contribution >= 0.6 is 23.2 Å². The number of carboxylic acids is 1. The summed E-state index contributed by atoms with van der Waals surface area (Å²) in [6.45, 7) is 1.43. The van der Waals surface area contributed by atoms with E-state index in [4.69, 9.17) is 33.7 Å². The van der Waals surface area contributed by atoms with Gasteiger partial charge >= 0.3 is 5.97 Å². The number of hydrogen-bond acceptors (Lipinski definition) is 5. The van der Waals surface area contributed by atoms with Gasteiger partial charge in [0.05, 0.1) is 26.8 Å². The molecule has 0 fully saturated rings. The van der Waals surface area contributed by atoms with Crippen LogP contribution in [0.25, 0.3) is 5.76 Å². The first kappa shape index (κ1) is 20.3. The molecule has 28 heavy (non-hydrogen) atoms. The van der Waals surface area contributed by atoms with Gasteiger partial charge in [-0.3, -0.25) is 4.31 Å². The molecule has 0 amide bonds. The van der Waals surface area contributed by atoms with Gasteiger partial charge in [0.2, 0.25) is 0 Å². The van der Waals surface area contributed by atoms with Gasteiger partial charge < -0.3 is 15.6 Å². The molecule has 3 rings (SSSR count). The molecule has 148 valence electrons. The van der Waals surface area contributed by atoms with Gasteiger partial charge in [-0.05, 0) is 31.2 Å². The Hall–Kier alpha value is -2.42. The first-order valence-electron chi connectivity index (χ1n) is 8.04.